The summed E-state index contributed by atoms with van der Waals surface area (Å²) in [4.78, 5) is 16.8. The number of hydrogen-bond donors (Lipinski definition) is 1. The molecule has 2 rings (SSSR count). The first-order valence-corrected chi connectivity index (χ1v) is 6.57. The van der Waals surface area contributed by atoms with Crippen molar-refractivity contribution in [3.8, 4) is 0 Å². The zero-order valence-corrected chi connectivity index (χ0v) is 10.5. The van der Waals surface area contributed by atoms with E-state index in [2.05, 4.69) is 18.8 Å². The van der Waals surface area contributed by atoms with Gasteiger partial charge in [0, 0.05) is 17.0 Å². The maximum Gasteiger partial charge on any atom is 0.315 e. The summed E-state index contributed by atoms with van der Waals surface area (Å²) in [5.41, 5.74) is -0.634. The maximum absolute atomic E-state index is 11.5. The first-order valence-electron chi connectivity index (χ1n) is 5.76. The van der Waals surface area contributed by atoms with Crippen molar-refractivity contribution in [3.63, 3.8) is 0 Å². The van der Waals surface area contributed by atoms with Crippen LogP contribution in [-0.2, 0) is 10.2 Å². The molecular formula is C12H17NO2S. The Morgan fingerprint density at radius 1 is 1.50 bits per heavy atom. The van der Waals surface area contributed by atoms with E-state index >= 15 is 0 Å². The second-order valence-corrected chi connectivity index (χ2v) is 5.87. The summed E-state index contributed by atoms with van der Waals surface area (Å²) in [7, 11) is 0. The van der Waals surface area contributed by atoms with Gasteiger partial charge in [-0.25, -0.2) is 4.98 Å². The number of thiazole rings is 1. The van der Waals surface area contributed by atoms with Crippen molar-refractivity contribution < 1.29 is 9.90 Å². The molecule has 0 bridgehead atoms. The molecule has 0 aliphatic heterocycles. The second-order valence-electron chi connectivity index (χ2n) is 4.81. The Hall–Kier alpha value is -0.900. The first kappa shape index (κ1) is 11.6. The van der Waals surface area contributed by atoms with E-state index < -0.39 is 11.4 Å². The highest BCUT2D eigenvalue weighted by atomic mass is 32.1. The molecule has 3 nitrogen and oxygen atoms in total. The van der Waals surface area contributed by atoms with Gasteiger partial charge in [-0.3, -0.25) is 4.79 Å². The van der Waals surface area contributed by atoms with Gasteiger partial charge in [0.2, 0.25) is 0 Å². The number of carbonyl (C=O) groups is 1. The molecule has 0 saturated heterocycles. The van der Waals surface area contributed by atoms with E-state index in [1.165, 1.54) is 0 Å². The largest absolute Gasteiger partial charge is 0.481 e. The summed E-state index contributed by atoms with van der Waals surface area (Å²) in [6, 6.07) is 0. The molecule has 0 radical (unpaired) electrons. The number of rotatable bonds is 3. The highest BCUT2D eigenvalue weighted by Gasteiger charge is 2.44. The third-order valence-corrected chi connectivity index (χ3v) is 4.86. The molecule has 1 N–H and O–H groups in total. The predicted octanol–water partition coefficient (Wildman–Crippen LogP) is 3.16. The maximum atomic E-state index is 11.5. The minimum Gasteiger partial charge on any atom is -0.481 e. The second kappa shape index (κ2) is 4.17. The minimum absolute atomic E-state index is 0.381. The van der Waals surface area contributed by atoms with Crippen LogP contribution in [0.1, 0.15) is 55.3 Å². The van der Waals surface area contributed by atoms with Gasteiger partial charge in [0.15, 0.2) is 0 Å². The summed E-state index contributed by atoms with van der Waals surface area (Å²) in [6.45, 7) is 4.18. The van der Waals surface area contributed by atoms with Crippen molar-refractivity contribution in [2.75, 3.05) is 0 Å². The molecule has 0 aromatic carbocycles. The smallest absolute Gasteiger partial charge is 0.315 e. The molecule has 1 fully saturated rings. The highest BCUT2D eigenvalue weighted by molar-refractivity contribution is 7.12. The third-order valence-electron chi connectivity index (χ3n) is 3.36. The molecule has 1 heterocycles. The van der Waals surface area contributed by atoms with Crippen LogP contribution in [0.25, 0.3) is 0 Å². The standard InChI is InChI=1S/C12H17NO2S/c1-8(2)10-13-7-9(16-10)12(11(14)15)5-3-4-6-12/h7-8H,3-6H2,1-2H3,(H,14,15). The lowest BCUT2D eigenvalue weighted by Gasteiger charge is -2.21. The number of nitrogens with zero attached hydrogens (tertiary/aromatic N) is 1. The van der Waals surface area contributed by atoms with Crippen LogP contribution in [0.4, 0.5) is 0 Å². The quantitative estimate of drug-likeness (QED) is 0.881. The summed E-state index contributed by atoms with van der Waals surface area (Å²) in [6.07, 6.45) is 5.34. The Labute approximate surface area is 99.5 Å². The van der Waals surface area contributed by atoms with Crippen LogP contribution in [0.15, 0.2) is 6.20 Å². The summed E-state index contributed by atoms with van der Waals surface area (Å²) in [5.74, 6) is -0.296. The van der Waals surface area contributed by atoms with Gasteiger partial charge in [0.25, 0.3) is 0 Å². The molecular weight excluding hydrogens is 222 g/mol. The van der Waals surface area contributed by atoms with Crippen LogP contribution in [-0.4, -0.2) is 16.1 Å². The third kappa shape index (κ3) is 1.75. The fourth-order valence-corrected chi connectivity index (χ4v) is 3.48. The van der Waals surface area contributed by atoms with Crippen LogP contribution in [0.2, 0.25) is 0 Å². The Balaban J connectivity index is 2.36. The zero-order valence-electron chi connectivity index (χ0n) is 9.69. The van der Waals surface area contributed by atoms with Crippen LogP contribution < -0.4 is 0 Å². The van der Waals surface area contributed by atoms with E-state index in [1.807, 2.05) is 0 Å². The summed E-state index contributed by atoms with van der Waals surface area (Å²) >= 11 is 1.57. The van der Waals surface area contributed by atoms with E-state index in [0.717, 1.165) is 35.6 Å². The zero-order chi connectivity index (χ0) is 11.8. The van der Waals surface area contributed by atoms with Crippen molar-refractivity contribution in [2.24, 2.45) is 0 Å². The molecule has 4 heteroatoms. The van der Waals surface area contributed by atoms with Gasteiger partial charge >= 0.3 is 5.97 Å². The van der Waals surface area contributed by atoms with Gasteiger partial charge < -0.3 is 5.11 Å². The van der Waals surface area contributed by atoms with E-state index in [-0.39, 0.29) is 0 Å². The van der Waals surface area contributed by atoms with Crippen LogP contribution in [0.3, 0.4) is 0 Å². The molecule has 1 aromatic rings. The molecule has 88 valence electrons. The Morgan fingerprint density at radius 2 is 2.12 bits per heavy atom. The van der Waals surface area contributed by atoms with Gasteiger partial charge in [-0.2, -0.15) is 0 Å². The van der Waals surface area contributed by atoms with Crippen molar-refractivity contribution >= 4 is 17.3 Å². The van der Waals surface area contributed by atoms with Crippen molar-refractivity contribution in [1.29, 1.82) is 0 Å². The number of hydrogen-bond acceptors (Lipinski definition) is 3. The van der Waals surface area contributed by atoms with Gasteiger partial charge in [-0.05, 0) is 12.8 Å². The molecule has 1 aliphatic carbocycles. The molecule has 16 heavy (non-hydrogen) atoms. The van der Waals surface area contributed by atoms with Gasteiger partial charge in [0.1, 0.15) is 5.41 Å². The normalized spacial score (nSPS) is 19.2. The lowest BCUT2D eigenvalue weighted by Crippen LogP contribution is -2.31. The number of aromatic nitrogens is 1. The molecule has 0 amide bonds. The number of carboxylic acids is 1. The predicted molar refractivity (Wildman–Crippen MR) is 64.0 cm³/mol. The molecule has 0 spiro atoms. The Kier molecular flexibility index (Phi) is 3.02. The molecule has 0 unspecified atom stereocenters. The van der Waals surface area contributed by atoms with Gasteiger partial charge in [-0.1, -0.05) is 26.7 Å². The van der Waals surface area contributed by atoms with E-state index in [0.29, 0.717) is 5.92 Å². The van der Waals surface area contributed by atoms with Gasteiger partial charge in [-0.15, -0.1) is 11.3 Å². The van der Waals surface area contributed by atoms with Gasteiger partial charge in [0.05, 0.1) is 5.01 Å². The summed E-state index contributed by atoms with van der Waals surface area (Å²) < 4.78 is 0. The average Bonchev–Trinajstić information content (AvgIpc) is 2.87. The lowest BCUT2D eigenvalue weighted by atomic mass is 9.85. The Morgan fingerprint density at radius 3 is 2.56 bits per heavy atom. The van der Waals surface area contributed by atoms with E-state index in [9.17, 15) is 9.90 Å². The summed E-state index contributed by atoms with van der Waals surface area (Å²) in [5, 5.41) is 10.5. The van der Waals surface area contributed by atoms with Crippen molar-refractivity contribution in [3.05, 3.63) is 16.1 Å². The van der Waals surface area contributed by atoms with Crippen molar-refractivity contribution in [2.45, 2.75) is 50.9 Å². The lowest BCUT2D eigenvalue weighted by molar-refractivity contribution is -0.143. The minimum atomic E-state index is -0.677. The van der Waals surface area contributed by atoms with E-state index in [1.54, 1.807) is 17.5 Å². The monoisotopic (exact) mass is 239 g/mol. The van der Waals surface area contributed by atoms with Crippen LogP contribution in [0, 0.1) is 0 Å². The average molecular weight is 239 g/mol. The Bertz CT molecular complexity index is 391. The fraction of sp³-hybridized carbons (Fsp3) is 0.667. The highest BCUT2D eigenvalue weighted by Crippen LogP contribution is 2.44. The molecule has 1 aromatic heterocycles. The number of carboxylic acid groups (broad SMARTS) is 1. The van der Waals surface area contributed by atoms with Crippen molar-refractivity contribution in [1.82, 2.24) is 4.98 Å². The molecule has 0 atom stereocenters. The first-order chi connectivity index (χ1) is 7.56. The number of aliphatic carboxylic acids is 1. The topological polar surface area (TPSA) is 50.2 Å². The van der Waals surface area contributed by atoms with Crippen LogP contribution >= 0.6 is 11.3 Å². The van der Waals surface area contributed by atoms with E-state index in [4.69, 9.17) is 0 Å². The SMILES string of the molecule is CC(C)c1ncc(C2(C(=O)O)CCCC2)s1. The molecule has 1 aliphatic rings. The molecule has 1 saturated carbocycles. The fourth-order valence-electron chi connectivity index (χ4n) is 2.32. The van der Waals surface area contributed by atoms with Crippen LogP contribution in [0.5, 0.6) is 0 Å².